The molecule has 1 aliphatic heterocycles. The summed E-state index contributed by atoms with van der Waals surface area (Å²) in [5, 5.41) is 11.7. The minimum atomic E-state index is -3.68. The molecule has 0 aromatic carbocycles. The van der Waals surface area contributed by atoms with Gasteiger partial charge >= 0.3 is 0 Å². The molecule has 1 amide bonds. The van der Waals surface area contributed by atoms with Crippen LogP contribution in [0.2, 0.25) is 0 Å². The standard InChI is InChI=1S/C20H32N6O3S/c1-6-24-12-18(15(4)22-24)14(3)21-20(27)17-9-8-10-26(11-17)30(28,29)19-13-25(7-2)23-16(19)5/h12-14,17H,6-11H2,1-5H3,(H,21,27). The van der Waals surface area contributed by atoms with Crippen molar-refractivity contribution < 1.29 is 13.2 Å². The van der Waals surface area contributed by atoms with Crippen LogP contribution in [0.3, 0.4) is 0 Å². The largest absolute Gasteiger partial charge is 0.349 e. The number of nitrogens with one attached hydrogen (secondary N) is 1. The molecule has 1 aliphatic rings. The van der Waals surface area contributed by atoms with Gasteiger partial charge in [0.05, 0.1) is 23.3 Å². The molecule has 3 heterocycles. The molecule has 0 saturated carbocycles. The Labute approximate surface area is 178 Å². The van der Waals surface area contributed by atoms with E-state index in [0.717, 1.165) is 17.8 Å². The highest BCUT2D eigenvalue weighted by Gasteiger charge is 2.35. The second kappa shape index (κ2) is 8.89. The first-order valence-corrected chi connectivity index (χ1v) is 12.0. The van der Waals surface area contributed by atoms with Gasteiger partial charge in [-0.25, -0.2) is 8.42 Å². The average Bonchev–Trinajstić information content (AvgIpc) is 3.30. The van der Waals surface area contributed by atoms with Crippen LogP contribution in [0.15, 0.2) is 17.3 Å². The maximum absolute atomic E-state index is 13.2. The Hall–Kier alpha value is -2.20. The minimum absolute atomic E-state index is 0.118. The van der Waals surface area contributed by atoms with Gasteiger partial charge < -0.3 is 5.32 Å². The van der Waals surface area contributed by atoms with Gasteiger partial charge in [-0.15, -0.1) is 0 Å². The predicted octanol–water partition coefficient (Wildman–Crippen LogP) is 2.01. The summed E-state index contributed by atoms with van der Waals surface area (Å²) in [6.07, 6.45) is 4.85. The Bertz CT molecular complexity index is 1010. The summed E-state index contributed by atoms with van der Waals surface area (Å²) in [6, 6.07) is -0.185. The van der Waals surface area contributed by atoms with E-state index in [1.54, 1.807) is 17.8 Å². The van der Waals surface area contributed by atoms with Gasteiger partial charge in [0.15, 0.2) is 0 Å². The molecule has 2 aromatic rings. The van der Waals surface area contributed by atoms with E-state index in [4.69, 9.17) is 0 Å². The van der Waals surface area contributed by atoms with Crippen LogP contribution in [0, 0.1) is 19.8 Å². The molecule has 0 aliphatic carbocycles. The second-order valence-electron chi connectivity index (χ2n) is 7.89. The van der Waals surface area contributed by atoms with Crippen molar-refractivity contribution >= 4 is 15.9 Å². The van der Waals surface area contributed by atoms with Crippen LogP contribution in [0.4, 0.5) is 0 Å². The van der Waals surface area contributed by atoms with Crippen LogP contribution in [-0.4, -0.2) is 51.3 Å². The summed E-state index contributed by atoms with van der Waals surface area (Å²) >= 11 is 0. The number of hydrogen-bond acceptors (Lipinski definition) is 5. The quantitative estimate of drug-likeness (QED) is 0.715. The van der Waals surface area contributed by atoms with E-state index < -0.39 is 10.0 Å². The molecular weight excluding hydrogens is 404 g/mol. The fourth-order valence-electron chi connectivity index (χ4n) is 3.96. The highest BCUT2D eigenvalue weighted by Crippen LogP contribution is 2.26. The van der Waals surface area contributed by atoms with Crippen molar-refractivity contribution in [2.24, 2.45) is 5.92 Å². The molecular formula is C20H32N6O3S. The Kier molecular flexibility index (Phi) is 6.66. The Balaban J connectivity index is 1.71. The number of hydrogen-bond donors (Lipinski definition) is 1. The van der Waals surface area contributed by atoms with Gasteiger partial charge in [0.2, 0.25) is 15.9 Å². The third kappa shape index (κ3) is 4.44. The van der Waals surface area contributed by atoms with E-state index in [1.165, 1.54) is 4.31 Å². The monoisotopic (exact) mass is 436 g/mol. The Morgan fingerprint density at radius 2 is 1.80 bits per heavy atom. The lowest BCUT2D eigenvalue weighted by atomic mass is 9.98. The molecule has 166 valence electrons. The van der Waals surface area contributed by atoms with Gasteiger partial charge in [-0.3, -0.25) is 14.2 Å². The lowest BCUT2D eigenvalue weighted by Gasteiger charge is -2.31. The lowest BCUT2D eigenvalue weighted by molar-refractivity contribution is -0.126. The number of sulfonamides is 1. The highest BCUT2D eigenvalue weighted by atomic mass is 32.2. The molecule has 0 bridgehead atoms. The molecule has 2 aromatic heterocycles. The van der Waals surface area contributed by atoms with Crippen LogP contribution in [-0.2, 0) is 27.9 Å². The predicted molar refractivity (Wildman–Crippen MR) is 113 cm³/mol. The number of aryl methyl sites for hydroxylation is 4. The van der Waals surface area contributed by atoms with Crippen molar-refractivity contribution in [3.05, 3.63) is 29.3 Å². The summed E-state index contributed by atoms with van der Waals surface area (Å²) in [5.41, 5.74) is 2.36. The topological polar surface area (TPSA) is 102 Å². The maximum Gasteiger partial charge on any atom is 0.246 e. The number of piperidine rings is 1. The molecule has 3 rings (SSSR count). The summed E-state index contributed by atoms with van der Waals surface area (Å²) in [5.74, 6) is -0.494. The van der Waals surface area contributed by atoms with E-state index in [1.807, 2.05) is 38.6 Å². The third-order valence-electron chi connectivity index (χ3n) is 5.73. The van der Waals surface area contributed by atoms with Crippen molar-refractivity contribution in [3.8, 4) is 0 Å². The molecule has 0 radical (unpaired) electrons. The second-order valence-corrected chi connectivity index (χ2v) is 9.80. The zero-order valence-corrected chi connectivity index (χ0v) is 19.2. The third-order valence-corrected chi connectivity index (χ3v) is 7.70. The van der Waals surface area contributed by atoms with Gasteiger partial charge in [-0.2, -0.15) is 14.5 Å². The molecule has 1 fully saturated rings. The van der Waals surface area contributed by atoms with E-state index in [2.05, 4.69) is 15.5 Å². The number of amides is 1. The van der Waals surface area contributed by atoms with Gasteiger partial charge in [0, 0.05) is 44.1 Å². The van der Waals surface area contributed by atoms with Crippen molar-refractivity contribution in [1.82, 2.24) is 29.2 Å². The van der Waals surface area contributed by atoms with Gasteiger partial charge in [-0.05, 0) is 47.5 Å². The summed E-state index contributed by atoms with van der Waals surface area (Å²) in [4.78, 5) is 13.1. The van der Waals surface area contributed by atoms with E-state index in [0.29, 0.717) is 31.6 Å². The van der Waals surface area contributed by atoms with Crippen molar-refractivity contribution in [2.45, 2.75) is 71.5 Å². The minimum Gasteiger partial charge on any atom is -0.349 e. The van der Waals surface area contributed by atoms with Crippen molar-refractivity contribution in [1.29, 1.82) is 0 Å². The number of rotatable bonds is 7. The number of carbonyl (C=O) groups excluding carboxylic acids is 1. The van der Waals surface area contributed by atoms with Crippen LogP contribution in [0.1, 0.15) is 56.6 Å². The van der Waals surface area contributed by atoms with Crippen molar-refractivity contribution in [3.63, 3.8) is 0 Å². The fraction of sp³-hybridized carbons (Fsp3) is 0.650. The molecule has 10 heteroatoms. The van der Waals surface area contributed by atoms with Gasteiger partial charge in [0.25, 0.3) is 0 Å². The van der Waals surface area contributed by atoms with Crippen LogP contribution in [0.5, 0.6) is 0 Å². The Morgan fingerprint density at radius 3 is 2.40 bits per heavy atom. The lowest BCUT2D eigenvalue weighted by Crippen LogP contribution is -2.45. The Morgan fingerprint density at radius 1 is 1.17 bits per heavy atom. The van der Waals surface area contributed by atoms with Crippen molar-refractivity contribution in [2.75, 3.05) is 13.1 Å². The summed E-state index contributed by atoms with van der Waals surface area (Å²) < 4.78 is 31.2. The SMILES string of the molecule is CCn1cc(C(C)NC(=O)C2CCCN(S(=O)(=O)c3cn(CC)nc3C)C2)c(C)n1. The number of aromatic nitrogens is 4. The van der Waals surface area contributed by atoms with E-state index >= 15 is 0 Å². The zero-order valence-electron chi connectivity index (χ0n) is 18.4. The molecule has 9 nitrogen and oxygen atoms in total. The van der Waals surface area contributed by atoms with E-state index in [-0.39, 0.29) is 29.3 Å². The van der Waals surface area contributed by atoms with Gasteiger partial charge in [0.1, 0.15) is 4.90 Å². The molecule has 2 atom stereocenters. The first-order valence-electron chi connectivity index (χ1n) is 10.6. The first kappa shape index (κ1) is 22.5. The highest BCUT2D eigenvalue weighted by molar-refractivity contribution is 7.89. The number of nitrogens with zero attached hydrogens (tertiary/aromatic N) is 5. The summed E-state index contributed by atoms with van der Waals surface area (Å²) in [7, 11) is -3.68. The van der Waals surface area contributed by atoms with Crippen LogP contribution < -0.4 is 5.32 Å². The molecule has 0 spiro atoms. The first-order chi connectivity index (χ1) is 14.2. The van der Waals surface area contributed by atoms with E-state index in [9.17, 15) is 13.2 Å². The average molecular weight is 437 g/mol. The smallest absolute Gasteiger partial charge is 0.246 e. The molecule has 1 saturated heterocycles. The van der Waals surface area contributed by atoms with Crippen LogP contribution >= 0.6 is 0 Å². The summed E-state index contributed by atoms with van der Waals surface area (Å²) in [6.45, 7) is 11.5. The normalized spacial score (nSPS) is 19.0. The zero-order chi connectivity index (χ0) is 22.1. The van der Waals surface area contributed by atoms with Crippen LogP contribution in [0.25, 0.3) is 0 Å². The fourth-order valence-corrected chi connectivity index (χ4v) is 5.65. The molecule has 30 heavy (non-hydrogen) atoms. The van der Waals surface area contributed by atoms with Gasteiger partial charge in [-0.1, -0.05) is 0 Å². The maximum atomic E-state index is 13.2. The molecule has 1 N–H and O–H groups in total. The molecule has 2 unspecified atom stereocenters. The number of carbonyl (C=O) groups is 1.